The number of Topliss-reactive ketones (excluding diaryl/α,β-unsaturated/α-hetero) is 1. The van der Waals surface area contributed by atoms with Gasteiger partial charge in [0.15, 0.2) is 5.78 Å². The van der Waals surface area contributed by atoms with Crippen molar-refractivity contribution >= 4 is 17.4 Å². The van der Waals surface area contributed by atoms with Gasteiger partial charge in [0, 0.05) is 12.6 Å². The lowest BCUT2D eigenvalue weighted by Gasteiger charge is -2.13. The number of nitrogens with zero attached hydrogens (tertiary/aromatic N) is 2. The van der Waals surface area contributed by atoms with Crippen molar-refractivity contribution in [3.8, 4) is 11.4 Å². The van der Waals surface area contributed by atoms with Gasteiger partial charge in [0.25, 0.3) is 11.5 Å². The number of hydrogen-bond donors (Lipinski definition) is 2. The number of nitrogens with two attached hydrogens (primary N) is 1. The molecule has 0 saturated heterocycles. The molecule has 1 aliphatic rings. The summed E-state index contributed by atoms with van der Waals surface area (Å²) >= 11 is 0. The van der Waals surface area contributed by atoms with E-state index >= 15 is 0 Å². The third-order valence-electron chi connectivity index (χ3n) is 6.40. The second-order valence-electron chi connectivity index (χ2n) is 8.93. The SMILES string of the molecule is Cc1cccc(C)c1-n1c(=O)c(NC(=O)C(N)=C2C=CCc3cc(OC(F)(F)F)ccc3C2=O)c(C)n1C. The highest BCUT2D eigenvalue weighted by Gasteiger charge is 2.32. The largest absolute Gasteiger partial charge is 0.573 e. The molecule has 0 unspecified atom stereocenters. The number of ether oxygens (including phenoxy) is 1. The Bertz CT molecular complexity index is 1570. The maximum Gasteiger partial charge on any atom is 0.573 e. The minimum absolute atomic E-state index is 0.00287. The minimum atomic E-state index is -4.88. The number of allylic oxidation sites excluding steroid dienone is 3. The number of rotatable bonds is 4. The number of benzene rings is 2. The first kappa shape index (κ1) is 26.5. The lowest BCUT2D eigenvalue weighted by molar-refractivity contribution is -0.274. The van der Waals surface area contributed by atoms with Crippen molar-refractivity contribution in [2.75, 3.05) is 5.32 Å². The maximum absolute atomic E-state index is 13.4. The second kappa shape index (κ2) is 9.73. The number of carbonyl (C=O) groups is 2. The van der Waals surface area contributed by atoms with E-state index in [1.165, 1.54) is 22.9 Å². The van der Waals surface area contributed by atoms with Crippen LogP contribution in [0.1, 0.15) is 32.7 Å². The zero-order valence-electron chi connectivity index (χ0n) is 21.1. The molecular weight excluding hydrogens is 501 g/mol. The van der Waals surface area contributed by atoms with Crippen LogP contribution in [0.2, 0.25) is 0 Å². The first-order chi connectivity index (χ1) is 17.8. The molecule has 0 fully saturated rings. The van der Waals surface area contributed by atoms with Crippen LogP contribution in [0.4, 0.5) is 18.9 Å². The summed E-state index contributed by atoms with van der Waals surface area (Å²) in [6, 6.07) is 8.96. The molecule has 1 aromatic heterocycles. The van der Waals surface area contributed by atoms with Gasteiger partial charge in [-0.1, -0.05) is 30.4 Å². The summed E-state index contributed by atoms with van der Waals surface area (Å²) in [5.41, 5.74) is 8.28. The Morgan fingerprint density at radius 2 is 1.74 bits per heavy atom. The standard InChI is InChI=1S/C27H25F3N4O4/c1-14-7-5-8-15(2)23(14)34-26(37)22(16(3)33(34)4)32-25(36)21(31)20-10-6-9-17-13-18(38-27(28,29)30)11-12-19(17)24(20)35/h5-8,10-13H,9,31H2,1-4H3,(H,32,36). The van der Waals surface area contributed by atoms with E-state index in [1.54, 1.807) is 18.7 Å². The number of aryl methyl sites for hydroxylation is 2. The molecule has 38 heavy (non-hydrogen) atoms. The van der Waals surface area contributed by atoms with E-state index in [1.807, 2.05) is 32.0 Å². The molecule has 2 aromatic carbocycles. The summed E-state index contributed by atoms with van der Waals surface area (Å²) in [5, 5.41) is 2.54. The second-order valence-corrected chi connectivity index (χ2v) is 8.93. The molecule has 11 heteroatoms. The molecule has 3 N–H and O–H groups in total. The van der Waals surface area contributed by atoms with Crippen LogP contribution in [0.15, 0.2) is 64.6 Å². The number of nitrogens with one attached hydrogen (secondary N) is 1. The van der Waals surface area contributed by atoms with Gasteiger partial charge in [0.05, 0.1) is 17.0 Å². The van der Waals surface area contributed by atoms with Crippen molar-refractivity contribution in [2.24, 2.45) is 12.8 Å². The van der Waals surface area contributed by atoms with Gasteiger partial charge in [0.1, 0.15) is 17.1 Å². The van der Waals surface area contributed by atoms with E-state index in [-0.39, 0.29) is 28.8 Å². The Labute approximate surface area is 215 Å². The van der Waals surface area contributed by atoms with Gasteiger partial charge in [-0.3, -0.25) is 19.1 Å². The van der Waals surface area contributed by atoms with Crippen molar-refractivity contribution in [3.05, 3.63) is 98.1 Å². The van der Waals surface area contributed by atoms with Crippen LogP contribution in [0.5, 0.6) is 5.75 Å². The predicted octanol–water partition coefficient (Wildman–Crippen LogP) is 4.15. The van der Waals surface area contributed by atoms with Gasteiger partial charge in [-0.15, -0.1) is 13.2 Å². The van der Waals surface area contributed by atoms with Crippen LogP contribution in [0.3, 0.4) is 0 Å². The number of anilines is 1. The number of amides is 1. The maximum atomic E-state index is 13.4. The highest BCUT2D eigenvalue weighted by atomic mass is 19.4. The molecule has 8 nitrogen and oxygen atoms in total. The van der Waals surface area contributed by atoms with Crippen LogP contribution < -0.4 is 21.3 Å². The Hall–Kier alpha value is -4.54. The zero-order valence-corrected chi connectivity index (χ0v) is 21.1. The van der Waals surface area contributed by atoms with Crippen LogP contribution >= 0.6 is 0 Å². The highest BCUT2D eigenvalue weighted by Crippen LogP contribution is 2.29. The van der Waals surface area contributed by atoms with Crippen molar-refractivity contribution in [1.29, 1.82) is 0 Å². The van der Waals surface area contributed by atoms with Gasteiger partial charge in [-0.05, 0) is 62.1 Å². The highest BCUT2D eigenvalue weighted by molar-refractivity contribution is 6.18. The predicted molar refractivity (Wildman–Crippen MR) is 135 cm³/mol. The number of fused-ring (bicyclic) bond motifs is 1. The fourth-order valence-corrected chi connectivity index (χ4v) is 4.44. The van der Waals surface area contributed by atoms with Crippen molar-refractivity contribution < 1.29 is 27.5 Å². The number of ketones is 1. The van der Waals surface area contributed by atoms with Gasteiger partial charge in [-0.2, -0.15) is 0 Å². The lowest BCUT2D eigenvalue weighted by Crippen LogP contribution is -2.28. The van der Waals surface area contributed by atoms with Crippen molar-refractivity contribution in [1.82, 2.24) is 9.36 Å². The van der Waals surface area contributed by atoms with Gasteiger partial charge >= 0.3 is 6.36 Å². The summed E-state index contributed by atoms with van der Waals surface area (Å²) in [7, 11) is 1.69. The van der Waals surface area contributed by atoms with E-state index in [4.69, 9.17) is 5.73 Å². The smallest absolute Gasteiger partial charge is 0.406 e. The summed E-state index contributed by atoms with van der Waals surface area (Å²) in [6.45, 7) is 5.41. The molecule has 1 heterocycles. The van der Waals surface area contributed by atoms with Crippen molar-refractivity contribution in [2.45, 2.75) is 33.6 Å². The first-order valence-corrected chi connectivity index (χ1v) is 11.6. The minimum Gasteiger partial charge on any atom is -0.406 e. The van der Waals surface area contributed by atoms with E-state index in [2.05, 4.69) is 10.1 Å². The normalized spacial score (nSPS) is 14.7. The van der Waals surface area contributed by atoms with E-state index in [0.717, 1.165) is 23.3 Å². The van der Waals surface area contributed by atoms with E-state index in [0.29, 0.717) is 11.4 Å². The fraction of sp³-hybridized carbons (Fsp3) is 0.222. The first-order valence-electron chi connectivity index (χ1n) is 11.6. The quantitative estimate of drug-likeness (QED) is 0.497. The molecule has 1 amide bonds. The third kappa shape index (κ3) is 4.86. The summed E-state index contributed by atoms with van der Waals surface area (Å²) in [4.78, 5) is 39.6. The molecule has 1 aliphatic carbocycles. The van der Waals surface area contributed by atoms with Crippen LogP contribution in [-0.4, -0.2) is 27.4 Å². The summed E-state index contributed by atoms with van der Waals surface area (Å²) in [6.07, 6.45) is -1.90. The zero-order chi connectivity index (χ0) is 27.9. The molecule has 0 radical (unpaired) electrons. The van der Waals surface area contributed by atoms with Crippen LogP contribution in [-0.2, 0) is 18.3 Å². The molecule has 0 atom stereocenters. The average Bonchev–Trinajstić information content (AvgIpc) is 2.95. The van der Waals surface area contributed by atoms with E-state index < -0.39 is 35.1 Å². The summed E-state index contributed by atoms with van der Waals surface area (Å²) < 4.78 is 44.8. The van der Waals surface area contributed by atoms with E-state index in [9.17, 15) is 27.6 Å². The lowest BCUT2D eigenvalue weighted by atomic mass is 9.98. The van der Waals surface area contributed by atoms with Gasteiger partial charge < -0.3 is 15.8 Å². The molecule has 4 rings (SSSR count). The molecule has 0 spiro atoms. The van der Waals surface area contributed by atoms with Crippen molar-refractivity contribution in [3.63, 3.8) is 0 Å². The Morgan fingerprint density at radius 1 is 1.08 bits per heavy atom. The summed E-state index contributed by atoms with van der Waals surface area (Å²) in [5.74, 6) is -1.97. The van der Waals surface area contributed by atoms with Crippen LogP contribution in [0.25, 0.3) is 5.69 Å². The third-order valence-corrected chi connectivity index (χ3v) is 6.40. The molecule has 0 saturated carbocycles. The molecule has 3 aromatic rings. The number of para-hydroxylation sites is 1. The monoisotopic (exact) mass is 526 g/mol. The number of hydrogen-bond acceptors (Lipinski definition) is 5. The van der Waals surface area contributed by atoms with Gasteiger partial charge in [0.2, 0.25) is 0 Å². The molecule has 0 bridgehead atoms. The average molecular weight is 527 g/mol. The molecule has 0 aliphatic heterocycles. The number of halogens is 3. The number of alkyl halides is 3. The number of carbonyl (C=O) groups excluding carboxylic acids is 2. The van der Waals surface area contributed by atoms with Gasteiger partial charge in [-0.25, -0.2) is 4.68 Å². The fourth-order valence-electron chi connectivity index (χ4n) is 4.44. The molecule has 198 valence electrons. The molecular formula is C27H25F3N4O4. The Kier molecular flexibility index (Phi) is 6.79. The van der Waals surface area contributed by atoms with Crippen LogP contribution in [0, 0.1) is 20.8 Å². The topological polar surface area (TPSA) is 108 Å². The number of aromatic nitrogens is 2. The Balaban J connectivity index is 1.68. The Morgan fingerprint density at radius 3 is 2.37 bits per heavy atom.